The number of piperidine rings is 2. The normalized spacial score (nSPS) is 21.0. The summed E-state index contributed by atoms with van der Waals surface area (Å²) in [4.78, 5) is 30.3. The standard InChI is InChI=1S/C27H42N2O3/c1-18-9-8-12-29(17-18)24(31)19-10-13-28(14-11-19)25(32)21-15-20(26(2,3)4)16-22(23(21)30)27(5,6)7/h15-16,18-19,30H,8-14,17H2,1-7H3. The van der Waals surface area contributed by atoms with Gasteiger partial charge in [-0.3, -0.25) is 9.59 Å². The third kappa shape index (κ3) is 5.29. The number of phenolic OH excluding ortho intramolecular Hbond substituents is 1. The Morgan fingerprint density at radius 2 is 1.53 bits per heavy atom. The van der Waals surface area contributed by atoms with Gasteiger partial charge in [-0.1, -0.05) is 54.5 Å². The van der Waals surface area contributed by atoms with Gasteiger partial charge in [-0.25, -0.2) is 0 Å². The molecule has 1 atom stereocenters. The fourth-order valence-corrected chi connectivity index (χ4v) is 4.95. The second-order valence-electron chi connectivity index (χ2n) is 12.0. The quantitative estimate of drug-likeness (QED) is 0.693. The molecule has 178 valence electrons. The van der Waals surface area contributed by atoms with Crippen LogP contribution in [-0.4, -0.2) is 52.9 Å². The lowest BCUT2D eigenvalue weighted by molar-refractivity contribution is -0.138. The smallest absolute Gasteiger partial charge is 0.257 e. The second-order valence-corrected chi connectivity index (χ2v) is 12.0. The lowest BCUT2D eigenvalue weighted by Gasteiger charge is -2.37. The molecule has 1 aromatic carbocycles. The van der Waals surface area contributed by atoms with Crippen LogP contribution in [-0.2, 0) is 15.6 Å². The predicted octanol–water partition coefficient (Wildman–Crippen LogP) is 5.10. The van der Waals surface area contributed by atoms with Crippen molar-refractivity contribution in [2.24, 2.45) is 11.8 Å². The number of carbonyl (C=O) groups excluding carboxylic acids is 2. The van der Waals surface area contributed by atoms with E-state index in [1.165, 1.54) is 6.42 Å². The number of carbonyl (C=O) groups is 2. The van der Waals surface area contributed by atoms with Gasteiger partial charge in [0.1, 0.15) is 5.75 Å². The number of likely N-dealkylation sites (tertiary alicyclic amines) is 2. The van der Waals surface area contributed by atoms with E-state index in [2.05, 4.69) is 48.5 Å². The summed E-state index contributed by atoms with van der Waals surface area (Å²) < 4.78 is 0. The van der Waals surface area contributed by atoms with E-state index in [1.807, 2.05) is 21.9 Å². The first-order valence-corrected chi connectivity index (χ1v) is 12.2. The Hall–Kier alpha value is -2.04. The van der Waals surface area contributed by atoms with E-state index in [1.54, 1.807) is 0 Å². The molecule has 3 rings (SSSR count). The van der Waals surface area contributed by atoms with Crippen LogP contribution in [0.5, 0.6) is 5.75 Å². The van der Waals surface area contributed by atoms with E-state index in [-0.39, 0.29) is 34.3 Å². The molecule has 1 aromatic rings. The Kier molecular flexibility index (Phi) is 6.97. The molecule has 2 aliphatic rings. The third-order valence-electron chi connectivity index (χ3n) is 7.11. The minimum atomic E-state index is -0.272. The van der Waals surface area contributed by atoms with Crippen LogP contribution in [0.15, 0.2) is 12.1 Å². The molecule has 2 amide bonds. The molecule has 2 saturated heterocycles. The number of rotatable bonds is 2. The SMILES string of the molecule is CC1CCCN(C(=O)C2CCN(C(=O)c3cc(C(C)(C)C)cc(C(C)(C)C)c3O)CC2)C1. The van der Waals surface area contributed by atoms with Crippen molar-refractivity contribution in [2.75, 3.05) is 26.2 Å². The van der Waals surface area contributed by atoms with Gasteiger partial charge in [0.25, 0.3) is 5.91 Å². The number of phenols is 1. The Balaban J connectivity index is 1.77. The van der Waals surface area contributed by atoms with Gasteiger partial charge < -0.3 is 14.9 Å². The molecule has 2 fully saturated rings. The molecule has 2 heterocycles. The number of nitrogens with zero attached hydrogens (tertiary/aromatic N) is 2. The van der Waals surface area contributed by atoms with Crippen LogP contribution in [0.4, 0.5) is 0 Å². The van der Waals surface area contributed by atoms with Crippen molar-refractivity contribution in [1.29, 1.82) is 0 Å². The van der Waals surface area contributed by atoms with Gasteiger partial charge in [0.2, 0.25) is 5.91 Å². The summed E-state index contributed by atoms with van der Waals surface area (Å²) in [5, 5.41) is 11.0. The maximum atomic E-state index is 13.5. The zero-order chi connectivity index (χ0) is 23.8. The topological polar surface area (TPSA) is 60.9 Å². The molecule has 1 N–H and O–H groups in total. The summed E-state index contributed by atoms with van der Waals surface area (Å²) in [5.41, 5.74) is 1.83. The minimum absolute atomic E-state index is 0.00370. The van der Waals surface area contributed by atoms with Gasteiger partial charge in [0, 0.05) is 37.7 Å². The number of aromatic hydroxyl groups is 1. The van der Waals surface area contributed by atoms with Crippen molar-refractivity contribution < 1.29 is 14.7 Å². The monoisotopic (exact) mass is 442 g/mol. The molecule has 2 aliphatic heterocycles. The summed E-state index contributed by atoms with van der Waals surface area (Å²) in [7, 11) is 0. The molecule has 1 unspecified atom stereocenters. The zero-order valence-electron chi connectivity index (χ0n) is 21.1. The van der Waals surface area contributed by atoms with Crippen molar-refractivity contribution in [3.8, 4) is 5.75 Å². The number of benzene rings is 1. The highest BCUT2D eigenvalue weighted by molar-refractivity contribution is 5.98. The highest BCUT2D eigenvalue weighted by Gasteiger charge is 2.34. The third-order valence-corrected chi connectivity index (χ3v) is 7.11. The second kappa shape index (κ2) is 9.07. The van der Waals surface area contributed by atoms with Crippen molar-refractivity contribution in [3.05, 3.63) is 28.8 Å². The maximum Gasteiger partial charge on any atom is 0.257 e. The molecule has 5 nitrogen and oxygen atoms in total. The van der Waals surface area contributed by atoms with E-state index in [4.69, 9.17) is 0 Å². The molecular formula is C27H42N2O3. The van der Waals surface area contributed by atoms with Crippen molar-refractivity contribution in [1.82, 2.24) is 9.80 Å². The molecule has 5 heteroatoms. The van der Waals surface area contributed by atoms with Gasteiger partial charge in [-0.05, 0) is 54.1 Å². The fraction of sp³-hybridized carbons (Fsp3) is 0.704. The van der Waals surface area contributed by atoms with Crippen LogP contribution in [0.1, 0.15) is 95.6 Å². The molecule has 0 radical (unpaired) electrons. The van der Waals surface area contributed by atoms with Gasteiger partial charge in [0.05, 0.1) is 5.56 Å². The number of amides is 2. The molecular weight excluding hydrogens is 400 g/mol. The Morgan fingerprint density at radius 1 is 0.906 bits per heavy atom. The van der Waals surface area contributed by atoms with Gasteiger partial charge in [-0.2, -0.15) is 0 Å². The molecule has 0 aromatic heterocycles. The Labute approximate surface area is 194 Å². The molecule has 0 spiro atoms. The van der Waals surface area contributed by atoms with Crippen LogP contribution < -0.4 is 0 Å². The molecule has 0 bridgehead atoms. The van der Waals surface area contributed by atoms with Crippen molar-refractivity contribution in [3.63, 3.8) is 0 Å². The highest BCUT2D eigenvalue weighted by atomic mass is 16.3. The van der Waals surface area contributed by atoms with Crippen LogP contribution in [0.25, 0.3) is 0 Å². The first kappa shape index (κ1) is 24.6. The molecule has 0 aliphatic carbocycles. The van der Waals surface area contributed by atoms with E-state index < -0.39 is 0 Å². The molecule has 32 heavy (non-hydrogen) atoms. The van der Waals surface area contributed by atoms with Crippen molar-refractivity contribution in [2.45, 2.75) is 85.0 Å². The molecule has 0 saturated carbocycles. The summed E-state index contributed by atoms with van der Waals surface area (Å²) in [6.45, 7) is 17.6. The first-order valence-electron chi connectivity index (χ1n) is 12.2. The number of hydrogen-bond donors (Lipinski definition) is 1. The first-order chi connectivity index (χ1) is 14.8. The lowest BCUT2D eigenvalue weighted by atomic mass is 9.78. The van der Waals surface area contributed by atoms with Gasteiger partial charge in [0.15, 0.2) is 0 Å². The zero-order valence-corrected chi connectivity index (χ0v) is 21.1. The highest BCUT2D eigenvalue weighted by Crippen LogP contribution is 2.38. The van der Waals surface area contributed by atoms with Crippen LogP contribution in [0, 0.1) is 11.8 Å². The van der Waals surface area contributed by atoms with Gasteiger partial charge >= 0.3 is 0 Å². The largest absolute Gasteiger partial charge is 0.507 e. The van der Waals surface area contributed by atoms with E-state index >= 15 is 0 Å². The summed E-state index contributed by atoms with van der Waals surface area (Å²) in [5.74, 6) is 0.803. The number of hydrogen-bond acceptors (Lipinski definition) is 3. The van der Waals surface area contributed by atoms with E-state index in [0.717, 1.165) is 30.6 Å². The van der Waals surface area contributed by atoms with E-state index in [9.17, 15) is 14.7 Å². The van der Waals surface area contributed by atoms with Crippen molar-refractivity contribution >= 4 is 11.8 Å². The lowest BCUT2D eigenvalue weighted by Crippen LogP contribution is -2.47. The fourth-order valence-electron chi connectivity index (χ4n) is 4.95. The average molecular weight is 443 g/mol. The maximum absolute atomic E-state index is 13.5. The van der Waals surface area contributed by atoms with Crippen LogP contribution in [0.3, 0.4) is 0 Å². The van der Waals surface area contributed by atoms with Crippen LogP contribution in [0.2, 0.25) is 0 Å². The Morgan fingerprint density at radius 3 is 2.06 bits per heavy atom. The van der Waals surface area contributed by atoms with Crippen LogP contribution >= 0.6 is 0 Å². The predicted molar refractivity (Wildman–Crippen MR) is 129 cm³/mol. The summed E-state index contributed by atoms with van der Waals surface area (Å²) in [6.07, 6.45) is 3.68. The summed E-state index contributed by atoms with van der Waals surface area (Å²) in [6, 6.07) is 3.90. The van der Waals surface area contributed by atoms with E-state index in [0.29, 0.717) is 37.4 Å². The minimum Gasteiger partial charge on any atom is -0.507 e. The average Bonchev–Trinajstić information content (AvgIpc) is 2.71. The Bertz CT molecular complexity index is 855. The summed E-state index contributed by atoms with van der Waals surface area (Å²) >= 11 is 0. The van der Waals surface area contributed by atoms with Gasteiger partial charge in [-0.15, -0.1) is 0 Å².